The number of benzene rings is 1. The molecule has 0 saturated heterocycles. The minimum absolute atomic E-state index is 0.239. The van der Waals surface area contributed by atoms with Gasteiger partial charge in [0.25, 0.3) is 0 Å². The second-order valence-corrected chi connectivity index (χ2v) is 4.72. The van der Waals surface area contributed by atoms with E-state index >= 15 is 0 Å². The lowest BCUT2D eigenvalue weighted by molar-refractivity contribution is 0.171. The van der Waals surface area contributed by atoms with Crippen LogP contribution < -0.4 is 5.32 Å². The van der Waals surface area contributed by atoms with Crippen LogP contribution in [0.5, 0.6) is 0 Å². The molecule has 2 aromatic rings. The zero-order chi connectivity index (χ0) is 13.7. The van der Waals surface area contributed by atoms with Gasteiger partial charge in [0, 0.05) is 7.11 Å². The van der Waals surface area contributed by atoms with Crippen molar-refractivity contribution in [1.29, 1.82) is 0 Å². The maximum absolute atomic E-state index is 5.26. The Balaban J connectivity index is 2.25. The van der Waals surface area contributed by atoms with Crippen LogP contribution in [0.1, 0.15) is 13.8 Å². The van der Waals surface area contributed by atoms with Crippen molar-refractivity contribution < 1.29 is 4.74 Å². The first-order valence-corrected chi connectivity index (χ1v) is 6.30. The van der Waals surface area contributed by atoms with Crippen LogP contribution in [0.3, 0.4) is 0 Å². The monoisotopic (exact) mass is 261 g/mol. The Kier molecular flexibility index (Phi) is 4.46. The van der Waals surface area contributed by atoms with Crippen LogP contribution in [0.15, 0.2) is 30.6 Å². The van der Waals surface area contributed by atoms with Gasteiger partial charge in [0.1, 0.15) is 6.33 Å². The van der Waals surface area contributed by atoms with E-state index in [1.54, 1.807) is 18.1 Å². The van der Waals surface area contributed by atoms with Gasteiger partial charge in [-0.05, 0) is 28.5 Å². The van der Waals surface area contributed by atoms with Crippen molar-refractivity contribution in [3.63, 3.8) is 0 Å². The molecular formula is C13H19N5O. The first kappa shape index (κ1) is 13.5. The van der Waals surface area contributed by atoms with E-state index in [2.05, 4.69) is 34.7 Å². The number of nitrogens with one attached hydrogen (secondary N) is 1. The van der Waals surface area contributed by atoms with Crippen molar-refractivity contribution in [3.8, 4) is 5.69 Å². The van der Waals surface area contributed by atoms with Gasteiger partial charge in [-0.3, -0.25) is 0 Å². The quantitative estimate of drug-likeness (QED) is 0.858. The van der Waals surface area contributed by atoms with Gasteiger partial charge in [0.05, 0.1) is 24.0 Å². The first-order chi connectivity index (χ1) is 9.22. The predicted octanol–water partition coefficient (Wildman–Crippen LogP) is 1.75. The van der Waals surface area contributed by atoms with Gasteiger partial charge in [0.2, 0.25) is 0 Å². The van der Waals surface area contributed by atoms with Crippen LogP contribution in [0.25, 0.3) is 5.69 Å². The molecule has 0 radical (unpaired) electrons. The van der Waals surface area contributed by atoms with Gasteiger partial charge >= 0.3 is 0 Å². The highest BCUT2D eigenvalue weighted by Crippen LogP contribution is 2.21. The molecule has 2 rings (SSSR count). The van der Waals surface area contributed by atoms with Crippen molar-refractivity contribution in [2.24, 2.45) is 5.92 Å². The lowest BCUT2D eigenvalue weighted by Crippen LogP contribution is -2.30. The number of nitrogens with zero attached hydrogens (tertiary/aromatic N) is 4. The number of tetrazole rings is 1. The van der Waals surface area contributed by atoms with E-state index in [4.69, 9.17) is 4.74 Å². The number of ether oxygens (including phenoxy) is 1. The van der Waals surface area contributed by atoms with Crippen molar-refractivity contribution in [2.75, 3.05) is 19.0 Å². The van der Waals surface area contributed by atoms with Crippen molar-refractivity contribution >= 4 is 5.69 Å². The number of aromatic nitrogens is 4. The minimum Gasteiger partial charge on any atom is -0.383 e. The Morgan fingerprint density at radius 3 is 2.74 bits per heavy atom. The highest BCUT2D eigenvalue weighted by molar-refractivity contribution is 5.60. The Bertz CT molecular complexity index is 497. The third-order valence-electron chi connectivity index (χ3n) is 2.99. The van der Waals surface area contributed by atoms with Crippen LogP contribution in [-0.2, 0) is 4.74 Å². The number of anilines is 1. The normalized spacial score (nSPS) is 12.6. The lowest BCUT2D eigenvalue weighted by Gasteiger charge is -2.24. The molecule has 0 aliphatic heterocycles. The van der Waals surface area contributed by atoms with E-state index in [-0.39, 0.29) is 6.04 Å². The van der Waals surface area contributed by atoms with Gasteiger partial charge in [-0.1, -0.05) is 26.0 Å². The number of hydrogen-bond acceptors (Lipinski definition) is 5. The van der Waals surface area contributed by atoms with Crippen LogP contribution in [0.4, 0.5) is 5.69 Å². The minimum atomic E-state index is 0.239. The fraction of sp³-hybridized carbons (Fsp3) is 0.462. The van der Waals surface area contributed by atoms with Crippen molar-refractivity contribution in [1.82, 2.24) is 20.2 Å². The molecule has 6 heteroatoms. The molecule has 1 aromatic heterocycles. The van der Waals surface area contributed by atoms with Gasteiger partial charge in [-0.2, -0.15) is 4.68 Å². The molecule has 19 heavy (non-hydrogen) atoms. The second-order valence-electron chi connectivity index (χ2n) is 4.72. The number of hydrogen-bond donors (Lipinski definition) is 1. The van der Waals surface area contributed by atoms with E-state index in [1.807, 2.05) is 24.3 Å². The fourth-order valence-electron chi connectivity index (χ4n) is 1.85. The molecule has 1 heterocycles. The number of rotatable bonds is 6. The summed E-state index contributed by atoms with van der Waals surface area (Å²) in [7, 11) is 1.71. The second kappa shape index (κ2) is 6.29. The van der Waals surface area contributed by atoms with E-state index in [9.17, 15) is 0 Å². The fourth-order valence-corrected chi connectivity index (χ4v) is 1.85. The number of methoxy groups -OCH3 is 1. The largest absolute Gasteiger partial charge is 0.383 e. The third-order valence-corrected chi connectivity index (χ3v) is 2.99. The molecule has 1 atom stereocenters. The summed E-state index contributed by atoms with van der Waals surface area (Å²) in [5, 5.41) is 14.8. The van der Waals surface area contributed by atoms with Gasteiger partial charge in [-0.15, -0.1) is 5.10 Å². The van der Waals surface area contributed by atoms with Crippen LogP contribution in [-0.4, -0.2) is 40.0 Å². The summed E-state index contributed by atoms with van der Waals surface area (Å²) in [6.45, 7) is 4.98. The highest BCUT2D eigenvalue weighted by Gasteiger charge is 2.15. The Morgan fingerprint density at radius 2 is 2.11 bits per heavy atom. The summed E-state index contributed by atoms with van der Waals surface area (Å²) in [6, 6.07) is 8.18. The summed E-state index contributed by atoms with van der Waals surface area (Å²) < 4.78 is 6.90. The van der Waals surface area contributed by atoms with E-state index < -0.39 is 0 Å². The summed E-state index contributed by atoms with van der Waals surface area (Å²) in [5.74, 6) is 0.460. The molecule has 102 valence electrons. The summed E-state index contributed by atoms with van der Waals surface area (Å²) >= 11 is 0. The molecule has 0 amide bonds. The molecule has 0 aliphatic rings. The molecule has 1 aromatic carbocycles. The van der Waals surface area contributed by atoms with E-state index in [1.165, 1.54) is 0 Å². The standard InChI is InChI=1S/C13H19N5O/c1-10(2)12(8-19-3)15-11-6-4-5-7-13(11)18-9-14-16-17-18/h4-7,9-10,12,15H,8H2,1-3H3. The average molecular weight is 261 g/mol. The summed E-state index contributed by atoms with van der Waals surface area (Å²) in [5.41, 5.74) is 1.92. The molecule has 0 spiro atoms. The highest BCUT2D eigenvalue weighted by atomic mass is 16.5. The van der Waals surface area contributed by atoms with Gasteiger partial charge in [0.15, 0.2) is 0 Å². The molecule has 0 bridgehead atoms. The number of para-hydroxylation sites is 2. The Morgan fingerprint density at radius 1 is 1.32 bits per heavy atom. The predicted molar refractivity (Wildman–Crippen MR) is 73.3 cm³/mol. The maximum Gasteiger partial charge on any atom is 0.143 e. The van der Waals surface area contributed by atoms with Crippen LogP contribution in [0.2, 0.25) is 0 Å². The van der Waals surface area contributed by atoms with E-state index in [0.29, 0.717) is 12.5 Å². The van der Waals surface area contributed by atoms with E-state index in [0.717, 1.165) is 11.4 Å². The summed E-state index contributed by atoms with van der Waals surface area (Å²) in [6.07, 6.45) is 1.58. The third kappa shape index (κ3) is 3.29. The lowest BCUT2D eigenvalue weighted by atomic mass is 10.0. The molecular weight excluding hydrogens is 242 g/mol. The molecule has 0 saturated carbocycles. The summed E-state index contributed by atoms with van der Waals surface area (Å²) in [4.78, 5) is 0. The SMILES string of the molecule is COCC(Nc1ccccc1-n1cnnn1)C(C)C. The zero-order valence-corrected chi connectivity index (χ0v) is 11.4. The molecule has 1 N–H and O–H groups in total. The molecule has 6 nitrogen and oxygen atoms in total. The smallest absolute Gasteiger partial charge is 0.143 e. The van der Waals surface area contributed by atoms with Crippen molar-refractivity contribution in [2.45, 2.75) is 19.9 Å². The molecule has 1 unspecified atom stereocenters. The molecule has 0 fully saturated rings. The first-order valence-electron chi connectivity index (χ1n) is 6.30. The topological polar surface area (TPSA) is 64.9 Å². The zero-order valence-electron chi connectivity index (χ0n) is 11.4. The van der Waals surface area contributed by atoms with Crippen LogP contribution in [0, 0.1) is 5.92 Å². The van der Waals surface area contributed by atoms with Gasteiger partial charge in [-0.25, -0.2) is 0 Å². The average Bonchev–Trinajstić information content (AvgIpc) is 2.92. The Hall–Kier alpha value is -1.95. The van der Waals surface area contributed by atoms with Crippen molar-refractivity contribution in [3.05, 3.63) is 30.6 Å². The van der Waals surface area contributed by atoms with Crippen LogP contribution >= 0.6 is 0 Å². The van der Waals surface area contributed by atoms with Gasteiger partial charge < -0.3 is 10.1 Å². The Labute approximate surface area is 112 Å². The maximum atomic E-state index is 5.26. The molecule has 0 aliphatic carbocycles.